The Labute approximate surface area is 293 Å². The largest absolute Gasteiger partial charge is 0.508 e. The number of rotatable bonds is 33. The molecule has 0 amide bonds. The van der Waals surface area contributed by atoms with Crippen molar-refractivity contribution in [2.24, 2.45) is 5.92 Å². The quantitative estimate of drug-likeness (QED) is 0.0396. The van der Waals surface area contributed by atoms with Crippen LogP contribution in [0.15, 0.2) is 0 Å². The van der Waals surface area contributed by atoms with E-state index < -0.39 is 42.8 Å². The maximum absolute atomic E-state index is 12.4. The van der Waals surface area contributed by atoms with Crippen LogP contribution in [-0.4, -0.2) is 89.6 Å². The Morgan fingerprint density at radius 3 is 1.46 bits per heavy atom. The molecule has 6 unspecified atom stereocenters. The van der Waals surface area contributed by atoms with E-state index >= 15 is 0 Å². The topological polar surface area (TPSA) is 135 Å². The van der Waals surface area contributed by atoms with Crippen LogP contribution in [0.25, 0.3) is 0 Å². The summed E-state index contributed by atoms with van der Waals surface area (Å²) in [6, 6.07) is 0. The summed E-state index contributed by atoms with van der Waals surface area (Å²) in [6.07, 6.45) is 21.0. The van der Waals surface area contributed by atoms with Gasteiger partial charge >= 0.3 is 6.16 Å². The molecule has 4 N–H and O–H groups in total. The van der Waals surface area contributed by atoms with Crippen LogP contribution in [0.1, 0.15) is 175 Å². The Bertz CT molecular complexity index is 710. The van der Waals surface area contributed by atoms with Crippen LogP contribution in [0.3, 0.4) is 0 Å². The Morgan fingerprint density at radius 1 is 0.542 bits per heavy atom. The Morgan fingerprint density at radius 2 is 0.958 bits per heavy atom. The molecule has 1 saturated carbocycles. The molecule has 0 bridgehead atoms. The van der Waals surface area contributed by atoms with Crippen molar-refractivity contribution in [2.45, 2.75) is 211 Å². The molecule has 1 aliphatic carbocycles. The molecule has 6 atom stereocenters. The van der Waals surface area contributed by atoms with Gasteiger partial charge in [-0.05, 0) is 18.8 Å². The highest BCUT2D eigenvalue weighted by atomic mass is 16.7. The van der Waals surface area contributed by atoms with Gasteiger partial charge in [0.2, 0.25) is 0 Å². The molecule has 9 heteroatoms. The first kappa shape index (κ1) is 45.1. The second-order valence-corrected chi connectivity index (χ2v) is 14.4. The van der Waals surface area contributed by atoms with Crippen molar-refractivity contribution < 1.29 is 44.2 Å². The minimum Gasteiger partial charge on any atom is -0.434 e. The minimum absolute atomic E-state index is 0.0776. The van der Waals surface area contributed by atoms with Crippen molar-refractivity contribution >= 4 is 6.16 Å². The first-order chi connectivity index (χ1) is 23.3. The standard InChI is InChI=1S/C39H76O9/c1-4-6-8-10-11-12-13-14-18-21-25-29-46-39(44)48-33(31-47-38-36(42)34(40)35(41)37(38)43)30-45-28-24-20-17-15-16-19-23-27-32(3)26-22-9-7-5-2/h32-38,40-43H,4-31H2,1-3H3. The number of hydrogen-bond donors (Lipinski definition) is 4. The average molecular weight is 689 g/mol. The first-order valence-electron chi connectivity index (χ1n) is 20.1. The monoisotopic (exact) mass is 689 g/mol. The maximum Gasteiger partial charge on any atom is 0.508 e. The van der Waals surface area contributed by atoms with E-state index in [-0.39, 0.29) is 19.8 Å². The summed E-state index contributed by atoms with van der Waals surface area (Å²) in [7, 11) is 0. The fraction of sp³-hybridized carbons (Fsp3) is 0.974. The fourth-order valence-electron chi connectivity index (χ4n) is 6.48. The van der Waals surface area contributed by atoms with Gasteiger partial charge in [0.15, 0.2) is 6.10 Å². The van der Waals surface area contributed by atoms with Gasteiger partial charge < -0.3 is 39.4 Å². The van der Waals surface area contributed by atoms with E-state index in [1.54, 1.807) is 0 Å². The van der Waals surface area contributed by atoms with Crippen LogP contribution in [0.5, 0.6) is 0 Å². The third kappa shape index (κ3) is 22.7. The molecule has 0 aromatic carbocycles. The number of aliphatic hydroxyl groups is 4. The lowest BCUT2D eigenvalue weighted by Gasteiger charge is -2.23. The normalized spacial score (nSPS) is 22.2. The smallest absolute Gasteiger partial charge is 0.434 e. The van der Waals surface area contributed by atoms with Gasteiger partial charge in [-0.15, -0.1) is 0 Å². The minimum atomic E-state index is -1.51. The van der Waals surface area contributed by atoms with Gasteiger partial charge in [0.25, 0.3) is 0 Å². The molecule has 1 fully saturated rings. The predicted molar refractivity (Wildman–Crippen MR) is 192 cm³/mol. The lowest BCUT2D eigenvalue weighted by Crippen LogP contribution is -2.39. The third-order valence-electron chi connectivity index (χ3n) is 9.77. The van der Waals surface area contributed by atoms with Gasteiger partial charge in [0.1, 0.15) is 30.5 Å². The first-order valence-corrected chi connectivity index (χ1v) is 20.1. The zero-order chi connectivity index (χ0) is 35.2. The van der Waals surface area contributed by atoms with Crippen molar-refractivity contribution in [3.63, 3.8) is 0 Å². The van der Waals surface area contributed by atoms with Gasteiger partial charge in [-0.1, -0.05) is 162 Å². The summed E-state index contributed by atoms with van der Waals surface area (Å²) in [4.78, 5) is 12.4. The molecule has 0 saturated heterocycles. The van der Waals surface area contributed by atoms with Crippen LogP contribution in [-0.2, 0) is 18.9 Å². The number of ether oxygens (including phenoxy) is 4. The van der Waals surface area contributed by atoms with Crippen LogP contribution >= 0.6 is 0 Å². The molecule has 48 heavy (non-hydrogen) atoms. The van der Waals surface area contributed by atoms with Gasteiger partial charge in [-0.25, -0.2) is 4.79 Å². The Kier molecular flexibility index (Phi) is 28.9. The highest BCUT2D eigenvalue weighted by Crippen LogP contribution is 2.25. The molecule has 286 valence electrons. The molecule has 0 radical (unpaired) electrons. The lowest BCUT2D eigenvalue weighted by molar-refractivity contribution is -0.119. The Balaban J connectivity index is 2.24. The molecule has 1 rings (SSSR count). The average Bonchev–Trinajstić information content (AvgIpc) is 3.26. The fourth-order valence-corrected chi connectivity index (χ4v) is 6.48. The highest BCUT2D eigenvalue weighted by Gasteiger charge is 2.49. The Hall–Kier alpha value is -0.970. The summed E-state index contributed by atoms with van der Waals surface area (Å²) in [5, 5.41) is 40.0. The van der Waals surface area contributed by atoms with Crippen LogP contribution in [0.4, 0.5) is 4.79 Å². The predicted octanol–water partition coefficient (Wildman–Crippen LogP) is 8.41. The molecule has 1 aliphatic rings. The molecule has 9 nitrogen and oxygen atoms in total. The second-order valence-electron chi connectivity index (χ2n) is 14.4. The lowest BCUT2D eigenvalue weighted by atomic mass is 9.96. The van der Waals surface area contributed by atoms with E-state index in [4.69, 9.17) is 18.9 Å². The van der Waals surface area contributed by atoms with Crippen molar-refractivity contribution in [1.82, 2.24) is 0 Å². The number of aliphatic hydroxyl groups excluding tert-OH is 4. The second kappa shape index (κ2) is 30.8. The summed E-state index contributed by atoms with van der Waals surface area (Å²) >= 11 is 0. The van der Waals surface area contributed by atoms with E-state index in [0.29, 0.717) is 6.61 Å². The van der Waals surface area contributed by atoms with Crippen molar-refractivity contribution in [2.75, 3.05) is 26.4 Å². The van der Waals surface area contributed by atoms with Gasteiger partial charge in [-0.3, -0.25) is 0 Å². The number of hydrogen-bond acceptors (Lipinski definition) is 9. The van der Waals surface area contributed by atoms with Crippen molar-refractivity contribution in [3.8, 4) is 0 Å². The van der Waals surface area contributed by atoms with Crippen LogP contribution < -0.4 is 0 Å². The maximum atomic E-state index is 12.4. The van der Waals surface area contributed by atoms with E-state index in [2.05, 4.69) is 20.8 Å². The zero-order valence-electron chi connectivity index (χ0n) is 31.2. The van der Waals surface area contributed by atoms with E-state index in [0.717, 1.165) is 38.0 Å². The SMILES string of the molecule is CCCCCCCCCCCCCOC(=O)OC(COCCCCCCCCCC(C)CCCCCC)COC1C(O)C(O)C(O)C1O. The summed E-state index contributed by atoms with van der Waals surface area (Å²) in [5.41, 5.74) is 0. The van der Waals surface area contributed by atoms with E-state index in [9.17, 15) is 25.2 Å². The summed E-state index contributed by atoms with van der Waals surface area (Å²) in [6.45, 7) is 7.60. The number of carbonyl (C=O) groups excluding carboxylic acids is 1. The van der Waals surface area contributed by atoms with Gasteiger partial charge in [-0.2, -0.15) is 0 Å². The third-order valence-corrected chi connectivity index (χ3v) is 9.77. The van der Waals surface area contributed by atoms with Gasteiger partial charge in [0, 0.05) is 6.61 Å². The zero-order valence-corrected chi connectivity index (χ0v) is 31.2. The summed E-state index contributed by atoms with van der Waals surface area (Å²) < 4.78 is 22.2. The molecule has 0 heterocycles. The molecular weight excluding hydrogens is 612 g/mol. The molecule has 0 aromatic heterocycles. The van der Waals surface area contributed by atoms with Gasteiger partial charge in [0.05, 0.1) is 19.8 Å². The van der Waals surface area contributed by atoms with Crippen molar-refractivity contribution in [1.29, 1.82) is 0 Å². The number of carbonyl (C=O) groups is 1. The molecule has 0 aromatic rings. The highest BCUT2D eigenvalue weighted by molar-refractivity contribution is 5.60. The molecule has 0 aliphatic heterocycles. The summed E-state index contributed by atoms with van der Waals surface area (Å²) in [5.74, 6) is 0.847. The molecule has 0 spiro atoms. The van der Waals surface area contributed by atoms with Crippen LogP contribution in [0, 0.1) is 5.92 Å². The van der Waals surface area contributed by atoms with Crippen molar-refractivity contribution in [3.05, 3.63) is 0 Å². The van der Waals surface area contributed by atoms with E-state index in [1.165, 1.54) is 122 Å². The number of unbranched alkanes of at least 4 members (excludes halogenated alkanes) is 19. The van der Waals surface area contributed by atoms with E-state index in [1.807, 2.05) is 0 Å². The van der Waals surface area contributed by atoms with Crippen LogP contribution in [0.2, 0.25) is 0 Å². The molecular formula is C39H76O9.